The number of aromatic nitrogens is 3. The van der Waals surface area contributed by atoms with Crippen LogP contribution in [0.1, 0.15) is 32.1 Å². The van der Waals surface area contributed by atoms with Crippen molar-refractivity contribution in [2.75, 3.05) is 0 Å². The van der Waals surface area contributed by atoms with Gasteiger partial charge in [0.05, 0.1) is 6.54 Å². The maximum absolute atomic E-state index is 13.3. The van der Waals surface area contributed by atoms with Gasteiger partial charge in [-0.2, -0.15) is 5.10 Å². The molecule has 1 aromatic carbocycles. The highest BCUT2D eigenvalue weighted by Gasteiger charge is 2.22. The van der Waals surface area contributed by atoms with Crippen LogP contribution in [0.4, 0.5) is 4.39 Å². The van der Waals surface area contributed by atoms with Crippen molar-refractivity contribution in [2.24, 2.45) is 5.92 Å². The number of halogens is 1. The van der Waals surface area contributed by atoms with Crippen LogP contribution in [0.25, 0.3) is 22.4 Å². The van der Waals surface area contributed by atoms with E-state index in [4.69, 9.17) is 0 Å². The van der Waals surface area contributed by atoms with Gasteiger partial charge in [0.2, 0.25) is 0 Å². The van der Waals surface area contributed by atoms with E-state index in [1.54, 1.807) is 29.2 Å². The SMILES string of the molecule is O=C(Cn1cc(-c2ccncc2)c(-c2ccc(F)cc2)n1)C1CCCCC1. The van der Waals surface area contributed by atoms with Crippen LogP contribution >= 0.6 is 0 Å². The smallest absolute Gasteiger partial charge is 0.157 e. The highest BCUT2D eigenvalue weighted by Crippen LogP contribution is 2.31. The van der Waals surface area contributed by atoms with E-state index in [1.807, 2.05) is 18.3 Å². The van der Waals surface area contributed by atoms with Crippen LogP contribution in [-0.2, 0) is 11.3 Å². The van der Waals surface area contributed by atoms with E-state index in [9.17, 15) is 9.18 Å². The number of carbonyl (C=O) groups excluding carboxylic acids is 1. The van der Waals surface area contributed by atoms with Gasteiger partial charge in [-0.25, -0.2) is 4.39 Å². The molecule has 27 heavy (non-hydrogen) atoms. The normalized spacial score (nSPS) is 15.0. The molecule has 4 nitrogen and oxygen atoms in total. The molecule has 1 saturated carbocycles. The van der Waals surface area contributed by atoms with E-state index in [-0.39, 0.29) is 24.1 Å². The van der Waals surface area contributed by atoms with Crippen molar-refractivity contribution < 1.29 is 9.18 Å². The summed E-state index contributed by atoms with van der Waals surface area (Å²) in [4.78, 5) is 16.8. The van der Waals surface area contributed by atoms with Gasteiger partial charge in [-0.1, -0.05) is 19.3 Å². The Labute approximate surface area is 158 Å². The van der Waals surface area contributed by atoms with E-state index in [0.29, 0.717) is 0 Å². The van der Waals surface area contributed by atoms with Gasteiger partial charge >= 0.3 is 0 Å². The van der Waals surface area contributed by atoms with Crippen molar-refractivity contribution in [3.05, 3.63) is 60.8 Å². The first-order chi connectivity index (χ1) is 13.2. The lowest BCUT2D eigenvalue weighted by atomic mass is 9.86. The summed E-state index contributed by atoms with van der Waals surface area (Å²) < 4.78 is 15.1. The maximum atomic E-state index is 13.3. The Balaban J connectivity index is 1.67. The standard InChI is InChI=1S/C22H22FN3O/c23-19-8-6-18(7-9-19)22-20(16-10-12-24-13-11-16)14-26(25-22)15-21(27)17-4-2-1-3-5-17/h6-14,17H,1-5,15H2. The predicted octanol–water partition coefficient (Wildman–Crippen LogP) is 4.90. The molecule has 0 aliphatic heterocycles. The van der Waals surface area contributed by atoms with Gasteiger partial charge in [0.15, 0.2) is 5.78 Å². The lowest BCUT2D eigenvalue weighted by Gasteiger charge is -2.20. The Morgan fingerprint density at radius 3 is 2.41 bits per heavy atom. The predicted molar refractivity (Wildman–Crippen MR) is 102 cm³/mol. The van der Waals surface area contributed by atoms with Crippen molar-refractivity contribution in [2.45, 2.75) is 38.6 Å². The maximum Gasteiger partial charge on any atom is 0.157 e. The van der Waals surface area contributed by atoms with Crippen LogP contribution in [-0.4, -0.2) is 20.5 Å². The number of hydrogen-bond acceptors (Lipinski definition) is 3. The van der Waals surface area contributed by atoms with Gasteiger partial charge < -0.3 is 0 Å². The van der Waals surface area contributed by atoms with E-state index >= 15 is 0 Å². The van der Waals surface area contributed by atoms with Crippen LogP contribution < -0.4 is 0 Å². The second kappa shape index (κ2) is 7.82. The number of nitrogens with zero attached hydrogens (tertiary/aromatic N) is 3. The van der Waals surface area contributed by atoms with Crippen molar-refractivity contribution >= 4 is 5.78 Å². The molecule has 0 unspecified atom stereocenters. The fourth-order valence-electron chi connectivity index (χ4n) is 3.78. The number of pyridine rings is 1. The molecule has 0 N–H and O–H groups in total. The molecule has 1 fully saturated rings. The van der Waals surface area contributed by atoms with Gasteiger partial charge in [0.25, 0.3) is 0 Å². The number of benzene rings is 1. The summed E-state index contributed by atoms with van der Waals surface area (Å²) in [5.41, 5.74) is 3.46. The second-order valence-corrected chi connectivity index (χ2v) is 7.13. The molecule has 0 atom stereocenters. The Bertz CT molecular complexity index is 912. The molecule has 1 aliphatic rings. The Morgan fingerprint density at radius 2 is 1.70 bits per heavy atom. The molecule has 3 aromatic rings. The minimum atomic E-state index is -0.281. The molecule has 2 heterocycles. The molecular formula is C22H22FN3O. The topological polar surface area (TPSA) is 47.8 Å². The van der Waals surface area contributed by atoms with Crippen LogP contribution in [0.2, 0.25) is 0 Å². The number of rotatable bonds is 5. The number of Topliss-reactive ketones (excluding diaryl/α,β-unsaturated/α-hetero) is 1. The molecule has 0 bridgehead atoms. The zero-order valence-corrected chi connectivity index (χ0v) is 15.1. The quantitative estimate of drug-likeness (QED) is 0.648. The fraction of sp³-hybridized carbons (Fsp3) is 0.318. The summed E-state index contributed by atoms with van der Waals surface area (Å²) in [5, 5.41) is 4.67. The molecule has 0 radical (unpaired) electrons. The van der Waals surface area contributed by atoms with Crippen molar-refractivity contribution in [1.29, 1.82) is 0 Å². The first kappa shape index (κ1) is 17.6. The molecule has 0 amide bonds. The van der Waals surface area contributed by atoms with Crippen LogP contribution in [0.5, 0.6) is 0 Å². The first-order valence-electron chi connectivity index (χ1n) is 9.47. The third kappa shape index (κ3) is 3.97. The van der Waals surface area contributed by atoms with Gasteiger partial charge in [-0.05, 0) is 54.8 Å². The summed E-state index contributed by atoms with van der Waals surface area (Å²) >= 11 is 0. The first-order valence-corrected chi connectivity index (χ1v) is 9.47. The molecule has 1 aliphatic carbocycles. The third-order valence-corrected chi connectivity index (χ3v) is 5.25. The molecular weight excluding hydrogens is 341 g/mol. The summed E-state index contributed by atoms with van der Waals surface area (Å²) in [5.74, 6) is 0.127. The van der Waals surface area contributed by atoms with Crippen LogP contribution in [0.3, 0.4) is 0 Å². The Morgan fingerprint density at radius 1 is 1.00 bits per heavy atom. The van der Waals surface area contributed by atoms with Gasteiger partial charge in [-0.3, -0.25) is 14.5 Å². The number of carbonyl (C=O) groups is 1. The van der Waals surface area contributed by atoms with Crippen molar-refractivity contribution in [3.8, 4) is 22.4 Å². The summed E-state index contributed by atoms with van der Waals surface area (Å²) in [6.45, 7) is 0.282. The van der Waals surface area contributed by atoms with E-state index in [2.05, 4.69) is 10.1 Å². The average molecular weight is 363 g/mol. The summed E-state index contributed by atoms with van der Waals surface area (Å²) in [6, 6.07) is 10.1. The second-order valence-electron chi connectivity index (χ2n) is 7.13. The molecule has 2 aromatic heterocycles. The summed E-state index contributed by atoms with van der Waals surface area (Å²) in [6.07, 6.45) is 10.9. The highest BCUT2D eigenvalue weighted by atomic mass is 19.1. The average Bonchev–Trinajstić information content (AvgIpc) is 3.13. The monoisotopic (exact) mass is 363 g/mol. The van der Waals surface area contributed by atoms with Crippen molar-refractivity contribution in [3.63, 3.8) is 0 Å². The lowest BCUT2D eigenvalue weighted by molar-refractivity contribution is -0.124. The van der Waals surface area contributed by atoms with Gasteiger partial charge in [-0.15, -0.1) is 0 Å². The lowest BCUT2D eigenvalue weighted by Crippen LogP contribution is -2.22. The number of hydrogen-bond donors (Lipinski definition) is 0. The third-order valence-electron chi connectivity index (χ3n) is 5.25. The van der Waals surface area contributed by atoms with E-state index < -0.39 is 0 Å². The minimum absolute atomic E-state index is 0.154. The largest absolute Gasteiger partial charge is 0.297 e. The molecule has 4 rings (SSSR count). The molecule has 138 valence electrons. The molecule has 0 saturated heterocycles. The Kier molecular flexibility index (Phi) is 5.10. The van der Waals surface area contributed by atoms with Crippen molar-refractivity contribution in [1.82, 2.24) is 14.8 Å². The van der Waals surface area contributed by atoms with Crippen LogP contribution in [0.15, 0.2) is 55.0 Å². The minimum Gasteiger partial charge on any atom is -0.297 e. The molecule has 0 spiro atoms. The van der Waals surface area contributed by atoms with E-state index in [0.717, 1.165) is 48.1 Å². The molecule has 5 heteroatoms. The zero-order valence-electron chi connectivity index (χ0n) is 15.1. The highest BCUT2D eigenvalue weighted by molar-refractivity contribution is 5.83. The summed E-state index contributed by atoms with van der Waals surface area (Å²) in [7, 11) is 0. The van der Waals surface area contributed by atoms with Gasteiger partial charge in [0, 0.05) is 35.6 Å². The Hall–Kier alpha value is -2.82. The fourth-order valence-corrected chi connectivity index (χ4v) is 3.78. The van der Waals surface area contributed by atoms with E-state index in [1.165, 1.54) is 18.6 Å². The zero-order chi connectivity index (χ0) is 18.6. The van der Waals surface area contributed by atoms with Crippen LogP contribution in [0, 0.1) is 11.7 Å². The van der Waals surface area contributed by atoms with Gasteiger partial charge in [0.1, 0.15) is 11.5 Å². The number of ketones is 1.